The number of carbonyl (C=O) groups is 1. The molecule has 18 heavy (non-hydrogen) atoms. The van der Waals surface area contributed by atoms with Crippen molar-refractivity contribution in [1.29, 1.82) is 0 Å². The Morgan fingerprint density at radius 1 is 1.44 bits per heavy atom. The third kappa shape index (κ3) is 5.02. The van der Waals surface area contributed by atoms with E-state index in [1.165, 1.54) is 0 Å². The Labute approximate surface area is 115 Å². The van der Waals surface area contributed by atoms with E-state index in [4.69, 9.17) is 0 Å². The number of hydrogen-bond acceptors (Lipinski definition) is 3. The summed E-state index contributed by atoms with van der Waals surface area (Å²) in [5, 5.41) is 3.04. The highest BCUT2D eigenvalue weighted by atomic mass is 35.5. The average molecular weight is 272 g/mol. The molecule has 0 saturated heterocycles. The molecule has 1 atom stereocenters. The fourth-order valence-corrected chi connectivity index (χ4v) is 1.67. The van der Waals surface area contributed by atoms with Crippen molar-refractivity contribution in [1.82, 2.24) is 15.2 Å². The molecule has 0 aliphatic rings. The first-order valence-corrected chi connectivity index (χ1v) is 5.97. The zero-order chi connectivity index (χ0) is 12.7. The van der Waals surface area contributed by atoms with Gasteiger partial charge in [-0.05, 0) is 44.6 Å². The maximum absolute atomic E-state index is 11.9. The molecular weight excluding hydrogens is 250 g/mol. The van der Waals surface area contributed by atoms with E-state index < -0.39 is 0 Å². The molecule has 0 aliphatic heterocycles. The summed E-state index contributed by atoms with van der Waals surface area (Å²) in [5.41, 5.74) is 1.12. The standard InChI is InChI=1S/C13H21N3O.ClH/c1-11(12-6-9-15-10-7-12)16(3)13(17)5-4-8-14-2;/h6-7,9-11,14H,4-5,8H2,1-3H3;1H. The van der Waals surface area contributed by atoms with Crippen LogP contribution in [0.2, 0.25) is 0 Å². The first kappa shape index (κ1) is 16.9. The second-order valence-electron chi connectivity index (χ2n) is 4.17. The fourth-order valence-electron chi connectivity index (χ4n) is 1.67. The number of aromatic nitrogens is 1. The van der Waals surface area contributed by atoms with Crippen molar-refractivity contribution < 1.29 is 4.79 Å². The van der Waals surface area contributed by atoms with Gasteiger partial charge >= 0.3 is 0 Å². The summed E-state index contributed by atoms with van der Waals surface area (Å²) >= 11 is 0. The van der Waals surface area contributed by atoms with E-state index in [1.54, 1.807) is 17.3 Å². The molecular formula is C13H22ClN3O. The lowest BCUT2D eigenvalue weighted by molar-refractivity contribution is -0.131. The second kappa shape index (κ2) is 8.89. The van der Waals surface area contributed by atoms with Crippen LogP contribution in [0.3, 0.4) is 0 Å². The van der Waals surface area contributed by atoms with Crippen LogP contribution in [-0.2, 0) is 4.79 Å². The zero-order valence-electron chi connectivity index (χ0n) is 11.2. The van der Waals surface area contributed by atoms with Crippen molar-refractivity contribution in [2.24, 2.45) is 0 Å². The van der Waals surface area contributed by atoms with Gasteiger partial charge in [0.05, 0.1) is 6.04 Å². The Balaban J connectivity index is 0.00000289. The lowest BCUT2D eigenvalue weighted by Crippen LogP contribution is -2.30. The number of halogens is 1. The van der Waals surface area contributed by atoms with Gasteiger partial charge in [-0.2, -0.15) is 0 Å². The molecule has 0 spiro atoms. The molecule has 102 valence electrons. The number of amides is 1. The lowest BCUT2D eigenvalue weighted by Gasteiger charge is -2.25. The SMILES string of the molecule is CNCCCC(=O)N(C)C(C)c1ccncc1.Cl. The summed E-state index contributed by atoms with van der Waals surface area (Å²) in [7, 11) is 3.75. The van der Waals surface area contributed by atoms with Gasteiger partial charge in [0.2, 0.25) is 5.91 Å². The van der Waals surface area contributed by atoms with E-state index in [9.17, 15) is 4.79 Å². The van der Waals surface area contributed by atoms with Crippen molar-refractivity contribution in [3.63, 3.8) is 0 Å². The van der Waals surface area contributed by atoms with Gasteiger partial charge in [0.15, 0.2) is 0 Å². The van der Waals surface area contributed by atoms with Crippen LogP contribution in [0.1, 0.15) is 31.4 Å². The summed E-state index contributed by atoms with van der Waals surface area (Å²) in [5.74, 6) is 0.185. The van der Waals surface area contributed by atoms with E-state index in [1.807, 2.05) is 33.2 Å². The Morgan fingerprint density at radius 2 is 2.06 bits per heavy atom. The molecule has 1 aromatic rings. The number of hydrogen-bond donors (Lipinski definition) is 1. The normalized spacial score (nSPS) is 11.5. The van der Waals surface area contributed by atoms with Gasteiger partial charge < -0.3 is 10.2 Å². The molecule has 1 N–H and O–H groups in total. The van der Waals surface area contributed by atoms with Crippen LogP contribution in [0.25, 0.3) is 0 Å². The molecule has 0 saturated carbocycles. The van der Waals surface area contributed by atoms with Gasteiger partial charge in [-0.3, -0.25) is 9.78 Å². The molecule has 1 heterocycles. The van der Waals surface area contributed by atoms with Crippen LogP contribution < -0.4 is 5.32 Å². The molecule has 1 aromatic heterocycles. The zero-order valence-corrected chi connectivity index (χ0v) is 12.0. The van der Waals surface area contributed by atoms with Gasteiger partial charge in [-0.15, -0.1) is 12.4 Å². The number of pyridine rings is 1. The van der Waals surface area contributed by atoms with Gasteiger partial charge in [0.25, 0.3) is 0 Å². The Kier molecular flexibility index (Phi) is 8.33. The third-order valence-electron chi connectivity index (χ3n) is 2.98. The van der Waals surface area contributed by atoms with E-state index in [0.29, 0.717) is 6.42 Å². The van der Waals surface area contributed by atoms with Crippen LogP contribution >= 0.6 is 12.4 Å². The van der Waals surface area contributed by atoms with Gasteiger partial charge in [-0.25, -0.2) is 0 Å². The summed E-state index contributed by atoms with van der Waals surface area (Å²) in [6.45, 7) is 2.91. The van der Waals surface area contributed by atoms with Crippen molar-refractivity contribution in [2.75, 3.05) is 20.6 Å². The molecule has 0 aromatic carbocycles. The highest BCUT2D eigenvalue weighted by Gasteiger charge is 2.16. The smallest absolute Gasteiger partial charge is 0.222 e. The Hall–Kier alpha value is -1.13. The summed E-state index contributed by atoms with van der Waals surface area (Å²) in [6.07, 6.45) is 4.98. The Bertz CT molecular complexity index is 345. The van der Waals surface area contributed by atoms with Crippen molar-refractivity contribution in [2.45, 2.75) is 25.8 Å². The number of rotatable bonds is 6. The molecule has 0 radical (unpaired) electrons. The van der Waals surface area contributed by atoms with Gasteiger partial charge in [-0.1, -0.05) is 0 Å². The highest BCUT2D eigenvalue weighted by Crippen LogP contribution is 2.18. The number of nitrogens with one attached hydrogen (secondary N) is 1. The van der Waals surface area contributed by atoms with Crippen molar-refractivity contribution in [3.8, 4) is 0 Å². The molecule has 4 nitrogen and oxygen atoms in total. The maximum atomic E-state index is 11.9. The monoisotopic (exact) mass is 271 g/mol. The van der Waals surface area contributed by atoms with E-state index in [0.717, 1.165) is 18.5 Å². The quantitative estimate of drug-likeness (QED) is 0.805. The minimum absolute atomic E-state index is 0. The Morgan fingerprint density at radius 3 is 2.61 bits per heavy atom. The minimum atomic E-state index is 0. The molecule has 0 bridgehead atoms. The second-order valence-corrected chi connectivity index (χ2v) is 4.17. The van der Waals surface area contributed by atoms with Gasteiger partial charge in [0, 0.05) is 25.9 Å². The van der Waals surface area contributed by atoms with E-state index in [-0.39, 0.29) is 24.4 Å². The predicted molar refractivity (Wildman–Crippen MR) is 75.8 cm³/mol. The average Bonchev–Trinajstić information content (AvgIpc) is 2.38. The minimum Gasteiger partial charge on any atom is -0.339 e. The van der Waals surface area contributed by atoms with E-state index >= 15 is 0 Å². The fraction of sp³-hybridized carbons (Fsp3) is 0.538. The lowest BCUT2D eigenvalue weighted by atomic mass is 10.1. The summed E-state index contributed by atoms with van der Waals surface area (Å²) in [4.78, 5) is 17.7. The highest BCUT2D eigenvalue weighted by molar-refractivity contribution is 5.85. The number of nitrogens with zero attached hydrogens (tertiary/aromatic N) is 2. The predicted octanol–water partition coefficient (Wildman–Crippen LogP) is 2.02. The first-order chi connectivity index (χ1) is 8.16. The third-order valence-corrected chi connectivity index (χ3v) is 2.98. The molecule has 5 heteroatoms. The van der Waals surface area contributed by atoms with Crippen LogP contribution in [0, 0.1) is 0 Å². The van der Waals surface area contributed by atoms with Crippen LogP contribution in [0.15, 0.2) is 24.5 Å². The molecule has 1 amide bonds. The molecule has 1 rings (SSSR count). The molecule has 0 fully saturated rings. The van der Waals surface area contributed by atoms with Crippen LogP contribution in [0.4, 0.5) is 0 Å². The topological polar surface area (TPSA) is 45.2 Å². The van der Waals surface area contributed by atoms with Crippen LogP contribution in [-0.4, -0.2) is 36.4 Å². The summed E-state index contributed by atoms with van der Waals surface area (Å²) < 4.78 is 0. The number of carbonyl (C=O) groups excluding carboxylic acids is 1. The van der Waals surface area contributed by atoms with Crippen molar-refractivity contribution >= 4 is 18.3 Å². The van der Waals surface area contributed by atoms with Gasteiger partial charge in [0.1, 0.15) is 0 Å². The summed E-state index contributed by atoms with van der Waals surface area (Å²) in [6, 6.07) is 3.99. The van der Waals surface area contributed by atoms with E-state index in [2.05, 4.69) is 10.3 Å². The molecule has 1 unspecified atom stereocenters. The van der Waals surface area contributed by atoms with Crippen LogP contribution in [0.5, 0.6) is 0 Å². The largest absolute Gasteiger partial charge is 0.339 e. The van der Waals surface area contributed by atoms with Crippen molar-refractivity contribution in [3.05, 3.63) is 30.1 Å². The maximum Gasteiger partial charge on any atom is 0.222 e. The first-order valence-electron chi connectivity index (χ1n) is 5.97. The molecule has 0 aliphatic carbocycles.